The van der Waals surface area contributed by atoms with Gasteiger partial charge in [0.05, 0.1) is 17.9 Å². The summed E-state index contributed by atoms with van der Waals surface area (Å²) in [5.74, 6) is 1.51. The van der Waals surface area contributed by atoms with Crippen LogP contribution in [0.1, 0.15) is 5.56 Å². The Morgan fingerprint density at radius 3 is 2.73 bits per heavy atom. The van der Waals surface area contributed by atoms with Crippen LogP contribution in [0.3, 0.4) is 0 Å². The molecule has 26 heavy (non-hydrogen) atoms. The van der Waals surface area contributed by atoms with E-state index in [4.69, 9.17) is 16.3 Å². The summed E-state index contributed by atoms with van der Waals surface area (Å²) in [5.41, 5.74) is 1.78. The third-order valence-corrected chi connectivity index (χ3v) is 4.75. The minimum absolute atomic E-state index is 0.0880. The van der Waals surface area contributed by atoms with E-state index in [0.29, 0.717) is 22.5 Å². The molecule has 1 heterocycles. The van der Waals surface area contributed by atoms with Gasteiger partial charge in [0.2, 0.25) is 11.1 Å². The number of rotatable bonds is 7. The first-order chi connectivity index (χ1) is 12.7. The maximum atomic E-state index is 12.0. The molecule has 0 unspecified atom stereocenters. The zero-order chi connectivity index (χ0) is 18.4. The molecule has 2 aromatic carbocycles. The average molecular weight is 389 g/mol. The summed E-state index contributed by atoms with van der Waals surface area (Å²) in [5, 5.41) is 10.9. The number of aromatic amines is 1. The van der Waals surface area contributed by atoms with Gasteiger partial charge in [0.25, 0.3) is 0 Å². The van der Waals surface area contributed by atoms with Gasteiger partial charge in [-0.1, -0.05) is 47.6 Å². The maximum Gasteiger partial charge on any atom is 0.230 e. The molecule has 0 aliphatic heterocycles. The summed E-state index contributed by atoms with van der Waals surface area (Å²) in [6.45, 7) is 0.461. The average Bonchev–Trinajstić information content (AvgIpc) is 3.14. The Hall–Kier alpha value is -2.51. The maximum absolute atomic E-state index is 12.0. The molecule has 2 N–H and O–H groups in total. The van der Waals surface area contributed by atoms with E-state index in [2.05, 4.69) is 20.5 Å². The Balaban J connectivity index is 1.49. The van der Waals surface area contributed by atoms with Gasteiger partial charge in [-0.3, -0.25) is 9.89 Å². The van der Waals surface area contributed by atoms with Crippen molar-refractivity contribution < 1.29 is 9.53 Å². The number of methoxy groups -OCH3 is 1. The molecule has 1 amide bonds. The van der Waals surface area contributed by atoms with Gasteiger partial charge in [-0.25, -0.2) is 4.98 Å². The SMILES string of the molecule is COc1ccc(CNC(=O)CSc2n[nH]c(-c3ccccc3Cl)n2)cc1. The number of benzene rings is 2. The summed E-state index contributed by atoms with van der Waals surface area (Å²) in [4.78, 5) is 16.4. The zero-order valence-corrected chi connectivity index (χ0v) is 15.6. The number of H-pyrrole nitrogens is 1. The summed E-state index contributed by atoms with van der Waals surface area (Å²) >= 11 is 7.41. The highest BCUT2D eigenvalue weighted by Crippen LogP contribution is 2.25. The molecule has 0 bridgehead atoms. The van der Waals surface area contributed by atoms with Gasteiger partial charge in [0.15, 0.2) is 5.82 Å². The normalized spacial score (nSPS) is 10.5. The van der Waals surface area contributed by atoms with Crippen molar-refractivity contribution in [1.29, 1.82) is 0 Å². The van der Waals surface area contributed by atoms with Gasteiger partial charge in [0.1, 0.15) is 5.75 Å². The number of ether oxygens (including phenoxy) is 1. The number of amides is 1. The molecule has 1 aromatic heterocycles. The highest BCUT2D eigenvalue weighted by Gasteiger charge is 2.11. The predicted molar refractivity (Wildman–Crippen MR) is 102 cm³/mol. The van der Waals surface area contributed by atoms with Crippen LogP contribution in [0.4, 0.5) is 0 Å². The number of nitrogens with zero attached hydrogens (tertiary/aromatic N) is 2. The highest BCUT2D eigenvalue weighted by molar-refractivity contribution is 7.99. The molecule has 3 rings (SSSR count). The fraction of sp³-hybridized carbons (Fsp3) is 0.167. The number of thioether (sulfide) groups is 1. The number of carbonyl (C=O) groups is 1. The van der Waals surface area contributed by atoms with E-state index in [1.165, 1.54) is 11.8 Å². The molecular weight excluding hydrogens is 372 g/mol. The third-order valence-electron chi connectivity index (χ3n) is 3.57. The Bertz CT molecular complexity index is 883. The smallest absolute Gasteiger partial charge is 0.230 e. The lowest BCUT2D eigenvalue weighted by atomic mass is 10.2. The van der Waals surface area contributed by atoms with E-state index in [1.807, 2.05) is 42.5 Å². The predicted octanol–water partition coefficient (Wildman–Crippen LogP) is 3.54. The first kappa shape index (κ1) is 18.3. The first-order valence-electron chi connectivity index (χ1n) is 7.85. The van der Waals surface area contributed by atoms with Crippen molar-refractivity contribution >= 4 is 29.3 Å². The zero-order valence-electron chi connectivity index (χ0n) is 14.0. The van der Waals surface area contributed by atoms with E-state index in [9.17, 15) is 4.79 Å². The molecule has 0 aliphatic rings. The van der Waals surface area contributed by atoms with E-state index < -0.39 is 0 Å². The molecule has 0 fully saturated rings. The van der Waals surface area contributed by atoms with Gasteiger partial charge in [-0.05, 0) is 29.8 Å². The Kier molecular flexibility index (Phi) is 6.14. The van der Waals surface area contributed by atoms with Crippen LogP contribution in [-0.4, -0.2) is 34.0 Å². The topological polar surface area (TPSA) is 79.9 Å². The lowest BCUT2D eigenvalue weighted by molar-refractivity contribution is -0.118. The van der Waals surface area contributed by atoms with Gasteiger partial charge in [-0.15, -0.1) is 5.10 Å². The molecule has 3 aromatic rings. The molecule has 134 valence electrons. The Morgan fingerprint density at radius 2 is 2.00 bits per heavy atom. The summed E-state index contributed by atoms with van der Waals surface area (Å²) in [7, 11) is 1.62. The second-order valence-electron chi connectivity index (χ2n) is 5.36. The van der Waals surface area contributed by atoms with E-state index >= 15 is 0 Å². The van der Waals surface area contributed by atoms with Crippen molar-refractivity contribution in [3.63, 3.8) is 0 Å². The molecule has 0 saturated heterocycles. The quantitative estimate of drug-likeness (QED) is 0.605. The van der Waals surface area contributed by atoms with E-state index in [-0.39, 0.29) is 11.7 Å². The minimum atomic E-state index is -0.0880. The van der Waals surface area contributed by atoms with Crippen molar-refractivity contribution in [3.05, 3.63) is 59.1 Å². The second-order valence-corrected chi connectivity index (χ2v) is 6.71. The van der Waals surface area contributed by atoms with Crippen molar-refractivity contribution in [1.82, 2.24) is 20.5 Å². The van der Waals surface area contributed by atoms with Gasteiger partial charge < -0.3 is 10.1 Å². The van der Waals surface area contributed by atoms with E-state index in [0.717, 1.165) is 16.9 Å². The van der Waals surface area contributed by atoms with Crippen molar-refractivity contribution in [2.24, 2.45) is 0 Å². The Labute approximate surface area is 160 Å². The van der Waals surface area contributed by atoms with Crippen LogP contribution >= 0.6 is 23.4 Å². The minimum Gasteiger partial charge on any atom is -0.497 e. The molecule has 0 aliphatic carbocycles. The number of nitrogens with one attached hydrogen (secondary N) is 2. The number of hydrogen-bond acceptors (Lipinski definition) is 5. The van der Waals surface area contributed by atoms with Crippen LogP contribution < -0.4 is 10.1 Å². The van der Waals surface area contributed by atoms with Crippen LogP contribution in [0.25, 0.3) is 11.4 Å². The number of aromatic nitrogens is 3. The lowest BCUT2D eigenvalue weighted by Crippen LogP contribution is -2.24. The monoisotopic (exact) mass is 388 g/mol. The molecule has 6 nitrogen and oxygen atoms in total. The van der Waals surface area contributed by atoms with Crippen LogP contribution in [0.15, 0.2) is 53.7 Å². The fourth-order valence-corrected chi connectivity index (χ4v) is 3.06. The van der Waals surface area contributed by atoms with E-state index in [1.54, 1.807) is 13.2 Å². The van der Waals surface area contributed by atoms with Crippen molar-refractivity contribution in [2.75, 3.05) is 12.9 Å². The van der Waals surface area contributed by atoms with Crippen molar-refractivity contribution in [3.8, 4) is 17.1 Å². The van der Waals surface area contributed by atoms with Crippen LogP contribution in [0.5, 0.6) is 5.75 Å². The first-order valence-corrected chi connectivity index (χ1v) is 9.22. The number of halogens is 1. The Morgan fingerprint density at radius 1 is 1.23 bits per heavy atom. The van der Waals surface area contributed by atoms with Gasteiger partial charge in [0, 0.05) is 12.1 Å². The second kappa shape index (κ2) is 8.73. The molecule has 8 heteroatoms. The largest absolute Gasteiger partial charge is 0.497 e. The summed E-state index contributed by atoms with van der Waals surface area (Å²) < 4.78 is 5.11. The fourth-order valence-electron chi connectivity index (χ4n) is 2.21. The molecular formula is C18H17ClN4O2S. The number of hydrogen-bond donors (Lipinski definition) is 2. The molecule has 0 radical (unpaired) electrons. The van der Waals surface area contributed by atoms with Gasteiger partial charge in [-0.2, -0.15) is 0 Å². The van der Waals surface area contributed by atoms with Crippen molar-refractivity contribution in [2.45, 2.75) is 11.7 Å². The molecule has 0 atom stereocenters. The highest BCUT2D eigenvalue weighted by atomic mass is 35.5. The lowest BCUT2D eigenvalue weighted by Gasteiger charge is -2.05. The number of carbonyl (C=O) groups excluding carboxylic acids is 1. The molecule has 0 saturated carbocycles. The van der Waals surface area contributed by atoms with Crippen LogP contribution in [-0.2, 0) is 11.3 Å². The third kappa shape index (κ3) is 4.77. The summed E-state index contributed by atoms with van der Waals surface area (Å²) in [6.07, 6.45) is 0. The van der Waals surface area contributed by atoms with Crippen LogP contribution in [0, 0.1) is 0 Å². The van der Waals surface area contributed by atoms with Gasteiger partial charge >= 0.3 is 0 Å². The van der Waals surface area contributed by atoms with Crippen LogP contribution in [0.2, 0.25) is 5.02 Å². The summed E-state index contributed by atoms with van der Waals surface area (Å²) in [6, 6.07) is 14.9. The standard InChI is InChI=1S/C18H17ClN4O2S/c1-25-13-8-6-12(7-9-13)10-20-16(24)11-26-18-21-17(22-23-18)14-4-2-3-5-15(14)19/h2-9H,10-11H2,1H3,(H,20,24)(H,21,22,23). The molecule has 0 spiro atoms.